The lowest BCUT2D eigenvalue weighted by molar-refractivity contribution is -0.142. The Morgan fingerprint density at radius 1 is 1.18 bits per heavy atom. The number of amides is 1. The van der Waals surface area contributed by atoms with E-state index in [4.69, 9.17) is 4.99 Å². The predicted octanol–water partition coefficient (Wildman–Crippen LogP) is 2.87. The van der Waals surface area contributed by atoms with Crippen molar-refractivity contribution in [3.63, 3.8) is 0 Å². The summed E-state index contributed by atoms with van der Waals surface area (Å²) < 4.78 is 0. The third-order valence-corrected chi connectivity index (χ3v) is 6.64. The molecule has 2 aliphatic heterocycles. The first-order valence-electron chi connectivity index (χ1n) is 10.4. The zero-order valence-corrected chi connectivity index (χ0v) is 16.1. The van der Waals surface area contributed by atoms with E-state index in [0.29, 0.717) is 26.1 Å². The van der Waals surface area contributed by atoms with E-state index < -0.39 is 5.97 Å². The lowest BCUT2D eigenvalue weighted by Crippen LogP contribution is -2.48. The van der Waals surface area contributed by atoms with Gasteiger partial charge in [-0.15, -0.1) is 0 Å². The topological polar surface area (TPSA) is 90.2 Å². The molecule has 6 nitrogen and oxygen atoms in total. The van der Waals surface area contributed by atoms with Gasteiger partial charge in [0.2, 0.25) is 5.91 Å². The molecule has 1 aromatic carbocycles. The van der Waals surface area contributed by atoms with Gasteiger partial charge in [0.05, 0.1) is 0 Å². The van der Waals surface area contributed by atoms with Gasteiger partial charge in [0.1, 0.15) is 5.75 Å². The van der Waals surface area contributed by atoms with E-state index in [1.54, 1.807) is 12.1 Å². The summed E-state index contributed by atoms with van der Waals surface area (Å²) in [5, 5.41) is 19.3. The number of carbonyl (C=O) groups excluding carboxylic acids is 1. The third kappa shape index (κ3) is 3.91. The van der Waals surface area contributed by atoms with Crippen LogP contribution in [0.2, 0.25) is 0 Å². The van der Waals surface area contributed by atoms with E-state index >= 15 is 0 Å². The van der Waals surface area contributed by atoms with Crippen LogP contribution in [0.25, 0.3) is 0 Å². The summed E-state index contributed by atoms with van der Waals surface area (Å²) in [6.07, 6.45) is 5.48. The van der Waals surface area contributed by atoms with Crippen LogP contribution in [0, 0.1) is 17.8 Å². The fraction of sp³-hybridized carbons (Fsp3) is 0.591. The van der Waals surface area contributed by atoms with Crippen LogP contribution in [0.15, 0.2) is 23.2 Å². The molecule has 6 heteroatoms. The highest BCUT2D eigenvalue weighted by molar-refractivity contribution is 6.03. The molecule has 2 heterocycles. The van der Waals surface area contributed by atoms with Gasteiger partial charge in [-0.1, -0.05) is 12.5 Å². The van der Waals surface area contributed by atoms with Crippen molar-refractivity contribution in [2.45, 2.75) is 44.9 Å². The monoisotopic (exact) mass is 384 g/mol. The summed E-state index contributed by atoms with van der Waals surface area (Å²) >= 11 is 0. The Morgan fingerprint density at radius 3 is 2.71 bits per heavy atom. The molecule has 2 atom stereocenters. The standard InChI is InChI=1S/C22H28N2O4/c25-18-5-4-14-6-8-23-20(19(14)12-18)10-17-13-24(22(28)15-2-1-3-15)9-7-16(17)11-21(26)27/h4-5,12,15-17,25H,1-3,6-11,13H2,(H,26,27)/t16-,17-/m0/s1. The van der Waals surface area contributed by atoms with Gasteiger partial charge in [0, 0.05) is 43.2 Å². The van der Waals surface area contributed by atoms with Crippen molar-refractivity contribution < 1.29 is 19.8 Å². The van der Waals surface area contributed by atoms with Crippen LogP contribution in [-0.4, -0.2) is 52.3 Å². The fourth-order valence-electron chi connectivity index (χ4n) is 4.79. The first-order chi connectivity index (χ1) is 13.5. The van der Waals surface area contributed by atoms with Crippen LogP contribution in [0.1, 0.15) is 49.7 Å². The number of fused-ring (bicyclic) bond motifs is 1. The Balaban J connectivity index is 1.53. The van der Waals surface area contributed by atoms with Crippen molar-refractivity contribution in [2.24, 2.45) is 22.7 Å². The van der Waals surface area contributed by atoms with Crippen LogP contribution in [-0.2, 0) is 16.0 Å². The van der Waals surface area contributed by atoms with Crippen molar-refractivity contribution in [3.8, 4) is 5.75 Å². The first kappa shape index (κ1) is 19.0. The van der Waals surface area contributed by atoms with Gasteiger partial charge in [0.25, 0.3) is 0 Å². The average molecular weight is 384 g/mol. The van der Waals surface area contributed by atoms with Crippen molar-refractivity contribution in [1.82, 2.24) is 4.90 Å². The lowest BCUT2D eigenvalue weighted by Gasteiger charge is -2.41. The molecule has 2 fully saturated rings. The minimum absolute atomic E-state index is 0.0494. The zero-order valence-electron chi connectivity index (χ0n) is 16.1. The number of nitrogens with zero attached hydrogens (tertiary/aromatic N) is 2. The SMILES string of the molecule is O=C(O)C[C@@H]1CCN(C(=O)C2CCC2)C[C@@H]1CC1=NCCc2ccc(O)cc21. The molecule has 0 aromatic heterocycles. The molecular formula is C22H28N2O4. The molecule has 0 unspecified atom stereocenters. The van der Waals surface area contributed by atoms with E-state index in [1.165, 1.54) is 5.56 Å². The molecule has 0 spiro atoms. The van der Waals surface area contributed by atoms with E-state index in [-0.39, 0.29) is 35.8 Å². The minimum atomic E-state index is -0.780. The van der Waals surface area contributed by atoms with Gasteiger partial charge in [-0.25, -0.2) is 0 Å². The van der Waals surface area contributed by atoms with Gasteiger partial charge >= 0.3 is 5.97 Å². The summed E-state index contributed by atoms with van der Waals surface area (Å²) in [5.74, 6) is -0.0115. The number of carboxylic acids is 1. The molecule has 1 aromatic rings. The molecule has 1 saturated heterocycles. The van der Waals surface area contributed by atoms with E-state index in [1.807, 2.05) is 11.0 Å². The number of aromatic hydroxyl groups is 1. The zero-order chi connectivity index (χ0) is 19.7. The molecule has 4 rings (SSSR count). The molecule has 150 valence electrons. The number of phenolic OH excluding ortho intramolecular Hbond substituents is 1. The number of aliphatic imine (C=N–C) groups is 1. The number of piperidine rings is 1. The number of carbonyl (C=O) groups is 2. The number of hydrogen-bond acceptors (Lipinski definition) is 4. The molecule has 3 aliphatic rings. The summed E-state index contributed by atoms with van der Waals surface area (Å²) in [6, 6.07) is 5.41. The van der Waals surface area contributed by atoms with Gasteiger partial charge in [0.15, 0.2) is 0 Å². The van der Waals surface area contributed by atoms with Crippen LogP contribution in [0.3, 0.4) is 0 Å². The van der Waals surface area contributed by atoms with E-state index in [9.17, 15) is 19.8 Å². The molecule has 28 heavy (non-hydrogen) atoms. The first-order valence-corrected chi connectivity index (χ1v) is 10.4. The molecule has 0 radical (unpaired) electrons. The third-order valence-electron chi connectivity index (χ3n) is 6.64. The normalized spacial score (nSPS) is 24.9. The predicted molar refractivity (Wildman–Crippen MR) is 106 cm³/mol. The molecular weight excluding hydrogens is 356 g/mol. The second kappa shape index (κ2) is 7.94. The quantitative estimate of drug-likeness (QED) is 0.817. The highest BCUT2D eigenvalue weighted by Crippen LogP contribution is 2.35. The summed E-state index contributed by atoms with van der Waals surface area (Å²) in [7, 11) is 0. The van der Waals surface area contributed by atoms with Gasteiger partial charge < -0.3 is 15.1 Å². The van der Waals surface area contributed by atoms with E-state index in [0.717, 1.165) is 43.4 Å². The molecule has 1 saturated carbocycles. The van der Waals surface area contributed by atoms with Crippen molar-refractivity contribution in [3.05, 3.63) is 29.3 Å². The smallest absolute Gasteiger partial charge is 0.303 e. The second-order valence-electron chi connectivity index (χ2n) is 8.44. The highest BCUT2D eigenvalue weighted by atomic mass is 16.4. The Morgan fingerprint density at radius 2 is 2.00 bits per heavy atom. The fourth-order valence-corrected chi connectivity index (χ4v) is 4.79. The number of phenols is 1. The summed E-state index contributed by atoms with van der Waals surface area (Å²) in [4.78, 5) is 30.8. The van der Waals surface area contributed by atoms with Gasteiger partial charge in [-0.05, 0) is 61.6 Å². The Kier molecular flexibility index (Phi) is 5.38. The average Bonchev–Trinajstić information content (AvgIpc) is 2.61. The minimum Gasteiger partial charge on any atom is -0.508 e. The molecule has 0 bridgehead atoms. The number of carboxylic acid groups (broad SMARTS) is 1. The van der Waals surface area contributed by atoms with Crippen LogP contribution < -0.4 is 0 Å². The maximum absolute atomic E-state index is 12.7. The van der Waals surface area contributed by atoms with Crippen LogP contribution in [0.4, 0.5) is 0 Å². The van der Waals surface area contributed by atoms with Crippen molar-refractivity contribution in [1.29, 1.82) is 0 Å². The van der Waals surface area contributed by atoms with Crippen LogP contribution >= 0.6 is 0 Å². The maximum Gasteiger partial charge on any atom is 0.303 e. The van der Waals surface area contributed by atoms with Crippen LogP contribution in [0.5, 0.6) is 5.75 Å². The highest BCUT2D eigenvalue weighted by Gasteiger charge is 2.37. The summed E-state index contributed by atoms with van der Waals surface area (Å²) in [6.45, 7) is 1.99. The number of likely N-dealkylation sites (tertiary alicyclic amines) is 1. The summed E-state index contributed by atoms with van der Waals surface area (Å²) in [5.41, 5.74) is 3.09. The number of rotatable bonds is 5. The Labute approximate surface area is 165 Å². The second-order valence-corrected chi connectivity index (χ2v) is 8.44. The lowest BCUT2D eigenvalue weighted by atomic mass is 9.77. The number of hydrogen-bond donors (Lipinski definition) is 2. The molecule has 2 N–H and O–H groups in total. The van der Waals surface area contributed by atoms with Crippen molar-refractivity contribution >= 4 is 17.6 Å². The largest absolute Gasteiger partial charge is 0.508 e. The number of aliphatic carboxylic acids is 1. The van der Waals surface area contributed by atoms with Crippen molar-refractivity contribution in [2.75, 3.05) is 19.6 Å². The van der Waals surface area contributed by atoms with Gasteiger partial charge in [-0.3, -0.25) is 14.6 Å². The molecule has 1 aliphatic carbocycles. The number of benzene rings is 1. The maximum atomic E-state index is 12.7. The Hall–Kier alpha value is -2.37. The van der Waals surface area contributed by atoms with Gasteiger partial charge in [-0.2, -0.15) is 0 Å². The van der Waals surface area contributed by atoms with E-state index in [2.05, 4.69) is 0 Å². The molecule has 1 amide bonds. The Bertz CT molecular complexity index is 800.